The topological polar surface area (TPSA) is 38.7 Å². The first-order valence-electron chi connectivity index (χ1n) is 6.21. The van der Waals surface area contributed by atoms with Crippen molar-refractivity contribution in [2.24, 2.45) is 0 Å². The van der Waals surface area contributed by atoms with Crippen LogP contribution < -0.4 is 9.47 Å². The average molecular weight is 292 g/mol. The van der Waals surface area contributed by atoms with Gasteiger partial charge in [-0.15, -0.1) is 0 Å². The number of aliphatic hydroxyl groups is 1. The molecule has 0 spiro atoms. The van der Waals surface area contributed by atoms with E-state index in [4.69, 9.17) is 9.47 Å². The number of hydrogen-bond acceptors (Lipinski definition) is 3. The molecule has 0 aromatic heterocycles. The summed E-state index contributed by atoms with van der Waals surface area (Å²) < 4.78 is 46.7. The highest BCUT2D eigenvalue weighted by molar-refractivity contribution is 5.43. The van der Waals surface area contributed by atoms with E-state index in [9.17, 15) is 18.3 Å². The van der Waals surface area contributed by atoms with Crippen LogP contribution in [0.2, 0.25) is 0 Å². The Morgan fingerprint density at radius 1 is 1.10 bits per heavy atom. The van der Waals surface area contributed by atoms with Crippen molar-refractivity contribution in [3.63, 3.8) is 0 Å². The van der Waals surface area contributed by atoms with E-state index in [0.29, 0.717) is 17.1 Å². The number of halogens is 3. The summed E-state index contributed by atoms with van der Waals surface area (Å²) in [5, 5.41) is 10.4. The van der Waals surface area contributed by atoms with Gasteiger partial charge in [0.25, 0.3) is 0 Å². The Morgan fingerprint density at radius 3 is 2.25 bits per heavy atom. The third kappa shape index (κ3) is 4.59. The number of rotatable bonds is 6. The van der Waals surface area contributed by atoms with E-state index in [1.54, 1.807) is 18.2 Å². The number of benzene rings is 1. The SMILES string of the molecule is COc1ccc(OC)c(C(C)(O)CCCC(F)(F)F)c1. The molecule has 114 valence electrons. The van der Waals surface area contributed by atoms with E-state index in [2.05, 4.69) is 0 Å². The minimum Gasteiger partial charge on any atom is -0.497 e. The molecule has 0 radical (unpaired) electrons. The second-order valence-corrected chi connectivity index (χ2v) is 4.81. The Balaban J connectivity index is 2.89. The molecule has 0 amide bonds. The number of methoxy groups -OCH3 is 2. The highest BCUT2D eigenvalue weighted by atomic mass is 19.4. The normalized spacial score (nSPS) is 14.8. The molecule has 0 aliphatic heterocycles. The molecule has 1 N–H and O–H groups in total. The fraction of sp³-hybridized carbons (Fsp3) is 0.571. The summed E-state index contributed by atoms with van der Waals surface area (Å²) >= 11 is 0. The zero-order chi connectivity index (χ0) is 15.4. The van der Waals surface area contributed by atoms with Crippen molar-refractivity contribution in [3.05, 3.63) is 23.8 Å². The fourth-order valence-corrected chi connectivity index (χ4v) is 2.00. The summed E-state index contributed by atoms with van der Waals surface area (Å²) in [6.45, 7) is 1.47. The third-order valence-corrected chi connectivity index (χ3v) is 3.11. The van der Waals surface area contributed by atoms with Crippen LogP contribution in [0.1, 0.15) is 31.7 Å². The van der Waals surface area contributed by atoms with E-state index in [1.807, 2.05) is 0 Å². The van der Waals surface area contributed by atoms with Gasteiger partial charge in [-0.2, -0.15) is 13.2 Å². The summed E-state index contributed by atoms with van der Waals surface area (Å²) in [7, 11) is 2.92. The molecule has 0 saturated carbocycles. The number of ether oxygens (including phenoxy) is 2. The van der Waals surface area contributed by atoms with Crippen molar-refractivity contribution in [3.8, 4) is 11.5 Å². The quantitative estimate of drug-likeness (QED) is 0.870. The van der Waals surface area contributed by atoms with Crippen molar-refractivity contribution < 1.29 is 27.8 Å². The molecule has 0 aliphatic carbocycles. The molecular weight excluding hydrogens is 273 g/mol. The van der Waals surface area contributed by atoms with Gasteiger partial charge in [-0.1, -0.05) is 0 Å². The van der Waals surface area contributed by atoms with Gasteiger partial charge in [-0.3, -0.25) is 0 Å². The monoisotopic (exact) mass is 292 g/mol. The lowest BCUT2D eigenvalue weighted by atomic mass is 9.89. The number of alkyl halides is 3. The standard InChI is InChI=1S/C14H19F3O3/c1-13(18,7-4-8-14(15,16)17)11-9-10(19-2)5-6-12(11)20-3/h5-6,9,18H,4,7-8H2,1-3H3. The summed E-state index contributed by atoms with van der Waals surface area (Å²) in [5.41, 5.74) is -0.993. The maximum atomic E-state index is 12.2. The molecule has 1 unspecified atom stereocenters. The molecule has 1 atom stereocenters. The van der Waals surface area contributed by atoms with E-state index in [0.717, 1.165) is 0 Å². The van der Waals surface area contributed by atoms with Crippen LogP contribution in [0.5, 0.6) is 11.5 Å². The van der Waals surface area contributed by atoms with Crippen LogP contribution >= 0.6 is 0 Å². The van der Waals surface area contributed by atoms with E-state index < -0.39 is 18.2 Å². The third-order valence-electron chi connectivity index (χ3n) is 3.11. The molecule has 20 heavy (non-hydrogen) atoms. The van der Waals surface area contributed by atoms with Gasteiger partial charge < -0.3 is 14.6 Å². The van der Waals surface area contributed by atoms with Crippen LogP contribution in [-0.4, -0.2) is 25.5 Å². The smallest absolute Gasteiger partial charge is 0.389 e. The first kappa shape index (κ1) is 16.6. The van der Waals surface area contributed by atoms with Crippen molar-refractivity contribution >= 4 is 0 Å². The highest BCUT2D eigenvalue weighted by Crippen LogP contribution is 2.37. The van der Waals surface area contributed by atoms with Gasteiger partial charge in [0.05, 0.1) is 19.8 Å². The zero-order valence-electron chi connectivity index (χ0n) is 11.8. The summed E-state index contributed by atoms with van der Waals surface area (Å²) in [4.78, 5) is 0. The van der Waals surface area contributed by atoms with Gasteiger partial charge in [0.15, 0.2) is 0 Å². The lowest BCUT2D eigenvalue weighted by Crippen LogP contribution is -2.23. The highest BCUT2D eigenvalue weighted by Gasteiger charge is 2.31. The number of hydrogen-bond donors (Lipinski definition) is 1. The molecule has 0 heterocycles. The van der Waals surface area contributed by atoms with Crippen molar-refractivity contribution in [2.75, 3.05) is 14.2 Å². The van der Waals surface area contributed by atoms with E-state index in [-0.39, 0.29) is 12.8 Å². The first-order valence-corrected chi connectivity index (χ1v) is 6.21. The predicted octanol–water partition coefficient (Wildman–Crippen LogP) is 3.64. The molecule has 1 rings (SSSR count). The predicted molar refractivity (Wildman–Crippen MR) is 69.0 cm³/mol. The largest absolute Gasteiger partial charge is 0.497 e. The average Bonchev–Trinajstić information content (AvgIpc) is 2.36. The van der Waals surface area contributed by atoms with E-state index >= 15 is 0 Å². The molecule has 1 aromatic carbocycles. The summed E-state index contributed by atoms with van der Waals surface area (Å²) in [5.74, 6) is 0.930. The lowest BCUT2D eigenvalue weighted by molar-refractivity contribution is -0.137. The second-order valence-electron chi connectivity index (χ2n) is 4.81. The van der Waals surface area contributed by atoms with E-state index in [1.165, 1.54) is 21.1 Å². The van der Waals surface area contributed by atoms with Gasteiger partial charge in [0, 0.05) is 12.0 Å². The second kappa shape index (κ2) is 6.35. The van der Waals surface area contributed by atoms with Crippen LogP contribution in [0.15, 0.2) is 18.2 Å². The minimum atomic E-state index is -4.21. The van der Waals surface area contributed by atoms with Crippen LogP contribution in [-0.2, 0) is 5.60 Å². The first-order chi connectivity index (χ1) is 9.19. The van der Waals surface area contributed by atoms with Crippen molar-refractivity contribution in [2.45, 2.75) is 38.0 Å². The Kier molecular flexibility index (Phi) is 5.28. The summed E-state index contributed by atoms with van der Waals surface area (Å²) in [6.07, 6.45) is -5.31. The Hall–Kier alpha value is -1.43. The van der Waals surface area contributed by atoms with Crippen LogP contribution in [0.3, 0.4) is 0 Å². The molecule has 6 heteroatoms. The Labute approximate surface area is 116 Å². The van der Waals surface area contributed by atoms with Crippen LogP contribution in [0.4, 0.5) is 13.2 Å². The van der Waals surface area contributed by atoms with Gasteiger partial charge in [0.1, 0.15) is 11.5 Å². The van der Waals surface area contributed by atoms with Gasteiger partial charge in [0.2, 0.25) is 0 Å². The van der Waals surface area contributed by atoms with Crippen LogP contribution in [0, 0.1) is 0 Å². The molecule has 0 fully saturated rings. The van der Waals surface area contributed by atoms with Gasteiger partial charge in [-0.05, 0) is 38.0 Å². The Morgan fingerprint density at radius 2 is 1.75 bits per heavy atom. The van der Waals surface area contributed by atoms with Crippen molar-refractivity contribution in [1.82, 2.24) is 0 Å². The maximum Gasteiger partial charge on any atom is 0.389 e. The minimum absolute atomic E-state index is 0.0178. The Bertz CT molecular complexity index is 442. The van der Waals surface area contributed by atoms with Gasteiger partial charge in [-0.25, -0.2) is 0 Å². The summed E-state index contributed by atoms with van der Waals surface area (Å²) in [6, 6.07) is 4.85. The van der Waals surface area contributed by atoms with Crippen LogP contribution in [0.25, 0.3) is 0 Å². The zero-order valence-corrected chi connectivity index (χ0v) is 11.8. The lowest BCUT2D eigenvalue weighted by Gasteiger charge is -2.26. The molecular formula is C14H19F3O3. The molecule has 3 nitrogen and oxygen atoms in total. The molecule has 1 aromatic rings. The fourth-order valence-electron chi connectivity index (χ4n) is 2.00. The molecule has 0 aliphatic rings. The molecule has 0 saturated heterocycles. The molecule has 0 bridgehead atoms. The van der Waals surface area contributed by atoms with Crippen molar-refractivity contribution in [1.29, 1.82) is 0 Å². The maximum absolute atomic E-state index is 12.2. The van der Waals surface area contributed by atoms with Gasteiger partial charge >= 0.3 is 6.18 Å².